The fourth-order valence-electron chi connectivity index (χ4n) is 3.03. The molecule has 1 unspecified atom stereocenters. The molecule has 0 aliphatic heterocycles. The molecule has 1 atom stereocenters. The fourth-order valence-corrected chi connectivity index (χ4v) is 3.03. The number of nitrogens with one attached hydrogen (secondary N) is 1. The lowest BCUT2D eigenvalue weighted by molar-refractivity contribution is 0.0913. The van der Waals surface area contributed by atoms with Crippen LogP contribution in [0, 0.1) is 20.8 Å². The van der Waals surface area contributed by atoms with Crippen LogP contribution in [0.2, 0.25) is 0 Å². The number of benzene rings is 2. The minimum atomic E-state index is -0.252. The molecule has 0 aliphatic rings. The molecule has 3 rings (SSSR count). The van der Waals surface area contributed by atoms with E-state index in [2.05, 4.69) is 5.32 Å². The van der Waals surface area contributed by atoms with Gasteiger partial charge in [-0.1, -0.05) is 24.3 Å². The average molecular weight is 323 g/mol. The van der Waals surface area contributed by atoms with Crippen LogP contribution < -0.4 is 5.32 Å². The van der Waals surface area contributed by atoms with Crippen LogP contribution in [-0.4, -0.2) is 11.0 Å². The summed E-state index contributed by atoms with van der Waals surface area (Å²) in [7, 11) is 0. The third-order valence-electron chi connectivity index (χ3n) is 4.41. The minimum absolute atomic E-state index is 0.180. The van der Waals surface area contributed by atoms with E-state index in [-0.39, 0.29) is 17.7 Å². The number of amides is 1. The number of furan rings is 1. The van der Waals surface area contributed by atoms with Crippen molar-refractivity contribution in [1.82, 2.24) is 5.32 Å². The summed E-state index contributed by atoms with van der Waals surface area (Å²) in [6.07, 6.45) is 0. The molecule has 0 saturated carbocycles. The molecule has 2 aromatic carbocycles. The van der Waals surface area contributed by atoms with Crippen LogP contribution in [0.3, 0.4) is 0 Å². The molecule has 1 aromatic heterocycles. The molecular formula is C20H21NO3. The molecule has 0 saturated heterocycles. The number of aryl methyl sites for hydroxylation is 3. The second-order valence-corrected chi connectivity index (χ2v) is 6.25. The largest absolute Gasteiger partial charge is 0.508 e. The summed E-state index contributed by atoms with van der Waals surface area (Å²) in [6.45, 7) is 7.77. The third kappa shape index (κ3) is 2.75. The molecule has 4 heteroatoms. The molecule has 1 heterocycles. The monoisotopic (exact) mass is 323 g/mol. The maximum atomic E-state index is 12.7. The Labute approximate surface area is 141 Å². The highest BCUT2D eigenvalue weighted by Crippen LogP contribution is 2.31. The van der Waals surface area contributed by atoms with Crippen molar-refractivity contribution in [2.45, 2.75) is 33.7 Å². The normalized spacial score (nSPS) is 12.3. The Morgan fingerprint density at radius 1 is 1.12 bits per heavy atom. The van der Waals surface area contributed by atoms with Gasteiger partial charge in [-0.2, -0.15) is 0 Å². The molecule has 4 nitrogen and oxygen atoms in total. The maximum absolute atomic E-state index is 12.7. The summed E-state index contributed by atoms with van der Waals surface area (Å²) < 4.78 is 5.87. The van der Waals surface area contributed by atoms with E-state index in [0.717, 1.165) is 33.2 Å². The van der Waals surface area contributed by atoms with E-state index in [0.29, 0.717) is 5.76 Å². The molecule has 0 bridgehead atoms. The Morgan fingerprint density at radius 3 is 2.50 bits per heavy atom. The Balaban J connectivity index is 1.93. The summed E-state index contributed by atoms with van der Waals surface area (Å²) in [6, 6.07) is 10.7. The van der Waals surface area contributed by atoms with Crippen LogP contribution in [0.4, 0.5) is 0 Å². The van der Waals surface area contributed by atoms with Crippen LogP contribution in [0.15, 0.2) is 40.8 Å². The first-order valence-electron chi connectivity index (χ1n) is 7.97. The number of phenolic OH excluding ortho intramolecular Hbond substituents is 1. The van der Waals surface area contributed by atoms with Gasteiger partial charge in [-0.3, -0.25) is 4.79 Å². The van der Waals surface area contributed by atoms with Crippen LogP contribution in [-0.2, 0) is 0 Å². The molecule has 0 spiro atoms. The topological polar surface area (TPSA) is 62.5 Å². The van der Waals surface area contributed by atoms with Gasteiger partial charge in [-0.05, 0) is 56.5 Å². The van der Waals surface area contributed by atoms with E-state index in [1.165, 1.54) is 0 Å². The Bertz CT molecular complexity index is 924. The lowest BCUT2D eigenvalue weighted by Crippen LogP contribution is -2.26. The highest BCUT2D eigenvalue weighted by Gasteiger charge is 2.21. The standard InChI is InChI=1S/C20H21NO3/c1-11-8-9-12(2)18-17(11)13(3)19(24-18)20(23)21-14(4)15-6-5-7-16(22)10-15/h5-10,14,22H,1-4H3,(H,21,23). The molecule has 0 aliphatic carbocycles. The first kappa shape index (κ1) is 16.1. The maximum Gasteiger partial charge on any atom is 0.287 e. The Kier molecular flexibility index (Phi) is 4.06. The van der Waals surface area contributed by atoms with Gasteiger partial charge in [0.2, 0.25) is 0 Å². The van der Waals surface area contributed by atoms with Gasteiger partial charge in [0.1, 0.15) is 11.3 Å². The van der Waals surface area contributed by atoms with Crippen molar-refractivity contribution in [3.8, 4) is 5.75 Å². The highest BCUT2D eigenvalue weighted by molar-refractivity contribution is 6.00. The van der Waals surface area contributed by atoms with E-state index in [1.54, 1.807) is 18.2 Å². The number of fused-ring (bicyclic) bond motifs is 1. The summed E-state index contributed by atoms with van der Waals surface area (Å²) in [5, 5.41) is 13.5. The van der Waals surface area contributed by atoms with Gasteiger partial charge in [-0.25, -0.2) is 0 Å². The molecular weight excluding hydrogens is 302 g/mol. The number of carbonyl (C=O) groups excluding carboxylic acids is 1. The molecule has 3 aromatic rings. The number of rotatable bonds is 3. The van der Waals surface area contributed by atoms with E-state index in [9.17, 15) is 9.90 Å². The van der Waals surface area contributed by atoms with Crippen molar-refractivity contribution in [3.63, 3.8) is 0 Å². The molecule has 24 heavy (non-hydrogen) atoms. The van der Waals surface area contributed by atoms with Gasteiger partial charge in [0, 0.05) is 10.9 Å². The third-order valence-corrected chi connectivity index (χ3v) is 4.41. The molecule has 0 fully saturated rings. The number of aromatic hydroxyl groups is 1. The molecule has 1 amide bonds. The van der Waals surface area contributed by atoms with Crippen LogP contribution in [0.5, 0.6) is 5.75 Å². The number of phenols is 1. The second-order valence-electron chi connectivity index (χ2n) is 6.25. The van der Waals surface area contributed by atoms with Gasteiger partial charge in [0.15, 0.2) is 5.76 Å². The zero-order valence-electron chi connectivity index (χ0n) is 14.3. The number of hydrogen-bond donors (Lipinski definition) is 2. The second kappa shape index (κ2) is 6.04. The summed E-state index contributed by atoms with van der Waals surface area (Å²) in [4.78, 5) is 12.7. The van der Waals surface area contributed by atoms with Crippen LogP contribution >= 0.6 is 0 Å². The Hall–Kier alpha value is -2.75. The van der Waals surface area contributed by atoms with Gasteiger partial charge in [0.25, 0.3) is 5.91 Å². The van der Waals surface area contributed by atoms with Crippen LogP contribution in [0.25, 0.3) is 11.0 Å². The predicted molar refractivity (Wildman–Crippen MR) is 94.4 cm³/mol. The fraction of sp³-hybridized carbons (Fsp3) is 0.250. The SMILES string of the molecule is Cc1ccc(C)c2c(C)c(C(=O)NC(C)c3cccc(O)c3)oc12. The first-order chi connectivity index (χ1) is 11.4. The van der Waals surface area contributed by atoms with Crippen molar-refractivity contribution in [2.75, 3.05) is 0 Å². The van der Waals surface area contributed by atoms with Crippen molar-refractivity contribution in [2.24, 2.45) is 0 Å². The summed E-state index contributed by atoms with van der Waals surface area (Å²) >= 11 is 0. The smallest absolute Gasteiger partial charge is 0.287 e. The quantitative estimate of drug-likeness (QED) is 0.743. The first-order valence-corrected chi connectivity index (χ1v) is 7.97. The lowest BCUT2D eigenvalue weighted by Gasteiger charge is -2.13. The zero-order chi connectivity index (χ0) is 17.4. The van der Waals surface area contributed by atoms with Gasteiger partial charge in [-0.15, -0.1) is 0 Å². The highest BCUT2D eigenvalue weighted by atomic mass is 16.3. The van der Waals surface area contributed by atoms with Crippen molar-refractivity contribution in [3.05, 3.63) is 64.4 Å². The van der Waals surface area contributed by atoms with E-state index in [1.807, 2.05) is 45.9 Å². The molecule has 0 radical (unpaired) electrons. The predicted octanol–water partition coefficient (Wildman–Crippen LogP) is 4.55. The Morgan fingerprint density at radius 2 is 1.83 bits per heavy atom. The van der Waals surface area contributed by atoms with Crippen molar-refractivity contribution >= 4 is 16.9 Å². The average Bonchev–Trinajstić information content (AvgIpc) is 2.90. The van der Waals surface area contributed by atoms with Crippen LogP contribution in [0.1, 0.15) is 45.8 Å². The van der Waals surface area contributed by atoms with Gasteiger partial charge >= 0.3 is 0 Å². The molecule has 124 valence electrons. The summed E-state index contributed by atoms with van der Waals surface area (Å²) in [5.41, 5.74) is 4.56. The van der Waals surface area contributed by atoms with Crippen molar-refractivity contribution < 1.29 is 14.3 Å². The van der Waals surface area contributed by atoms with Gasteiger partial charge < -0.3 is 14.8 Å². The zero-order valence-corrected chi connectivity index (χ0v) is 14.3. The number of carbonyl (C=O) groups is 1. The van der Waals surface area contributed by atoms with E-state index >= 15 is 0 Å². The van der Waals surface area contributed by atoms with E-state index in [4.69, 9.17) is 4.42 Å². The lowest BCUT2D eigenvalue weighted by atomic mass is 10.0. The van der Waals surface area contributed by atoms with E-state index < -0.39 is 0 Å². The molecule has 2 N–H and O–H groups in total. The summed E-state index contributed by atoms with van der Waals surface area (Å²) in [5.74, 6) is 0.271. The van der Waals surface area contributed by atoms with Crippen molar-refractivity contribution in [1.29, 1.82) is 0 Å². The number of hydrogen-bond acceptors (Lipinski definition) is 3. The minimum Gasteiger partial charge on any atom is -0.508 e. The van der Waals surface area contributed by atoms with Gasteiger partial charge in [0.05, 0.1) is 6.04 Å².